The fourth-order valence-electron chi connectivity index (χ4n) is 4.72. The molecule has 2 saturated heterocycles. The molecule has 2 aliphatic rings. The number of methoxy groups -OCH3 is 1. The minimum absolute atomic E-state index is 0.436. The van der Waals surface area contributed by atoms with Crippen molar-refractivity contribution in [1.82, 2.24) is 9.88 Å². The van der Waals surface area contributed by atoms with Gasteiger partial charge in [-0.3, -0.25) is 4.90 Å². The Morgan fingerprint density at radius 1 is 1.20 bits per heavy atom. The molecule has 2 unspecified atom stereocenters. The number of ether oxygens (including phenoxy) is 1. The minimum Gasteiger partial charge on any atom is -0.481 e. The first-order chi connectivity index (χ1) is 12.1. The van der Waals surface area contributed by atoms with Crippen LogP contribution in [0.15, 0.2) is 42.6 Å². The van der Waals surface area contributed by atoms with E-state index in [1.165, 1.54) is 18.4 Å². The number of rotatable bonds is 4. The van der Waals surface area contributed by atoms with E-state index in [0.717, 1.165) is 30.5 Å². The van der Waals surface area contributed by atoms with Gasteiger partial charge >= 0.3 is 0 Å². The number of fused-ring (bicyclic) bond motifs is 2. The number of aryl methyl sites for hydroxylation is 1. The van der Waals surface area contributed by atoms with Gasteiger partial charge in [0.25, 0.3) is 0 Å². The fourth-order valence-corrected chi connectivity index (χ4v) is 4.72. The quantitative estimate of drug-likeness (QED) is 0.928. The van der Waals surface area contributed by atoms with Crippen LogP contribution in [-0.4, -0.2) is 34.2 Å². The molecular formula is C21H26N2O2. The molecule has 4 nitrogen and oxygen atoms in total. The molecule has 3 heterocycles. The molecule has 4 heteroatoms. The summed E-state index contributed by atoms with van der Waals surface area (Å²) in [4.78, 5) is 6.93. The van der Waals surface area contributed by atoms with Crippen molar-refractivity contribution in [3.05, 3.63) is 59.3 Å². The first kappa shape index (κ1) is 16.6. The predicted molar refractivity (Wildman–Crippen MR) is 97.5 cm³/mol. The van der Waals surface area contributed by atoms with Crippen LogP contribution in [0.25, 0.3) is 0 Å². The molecule has 1 aromatic carbocycles. The number of piperidine rings is 1. The lowest BCUT2D eigenvalue weighted by molar-refractivity contribution is -0.0601. The SMILES string of the molecule is COc1cc(C)c(C2(O)CC3CCC(C2)N3Cc2ccccc2)cn1. The van der Waals surface area contributed by atoms with Gasteiger partial charge in [0.05, 0.1) is 12.7 Å². The van der Waals surface area contributed by atoms with Gasteiger partial charge in [0.1, 0.15) is 0 Å². The van der Waals surface area contributed by atoms with E-state index in [2.05, 4.69) is 40.2 Å². The Bertz CT molecular complexity index is 733. The highest BCUT2D eigenvalue weighted by atomic mass is 16.5. The zero-order valence-corrected chi connectivity index (χ0v) is 15.0. The molecule has 132 valence electrons. The minimum atomic E-state index is -0.775. The van der Waals surface area contributed by atoms with Crippen LogP contribution in [0.2, 0.25) is 0 Å². The standard InChI is InChI=1S/C21H26N2O2/c1-15-10-20(25-2)22-13-19(15)21(24)11-17-8-9-18(12-21)23(17)14-16-6-4-3-5-7-16/h3-7,10,13,17-18,24H,8-9,11-12,14H2,1-2H3. The smallest absolute Gasteiger partial charge is 0.213 e. The summed E-state index contributed by atoms with van der Waals surface area (Å²) >= 11 is 0. The van der Waals surface area contributed by atoms with Crippen LogP contribution < -0.4 is 4.74 Å². The molecular weight excluding hydrogens is 312 g/mol. The lowest BCUT2D eigenvalue weighted by Crippen LogP contribution is -2.49. The number of hydrogen-bond acceptors (Lipinski definition) is 4. The van der Waals surface area contributed by atoms with Gasteiger partial charge in [-0.25, -0.2) is 4.98 Å². The normalized spacial score (nSPS) is 28.9. The molecule has 1 aromatic heterocycles. The summed E-state index contributed by atoms with van der Waals surface area (Å²) in [6.07, 6.45) is 5.71. The van der Waals surface area contributed by atoms with Crippen molar-refractivity contribution in [2.24, 2.45) is 0 Å². The van der Waals surface area contributed by atoms with Crippen molar-refractivity contribution in [1.29, 1.82) is 0 Å². The zero-order chi connectivity index (χ0) is 17.4. The van der Waals surface area contributed by atoms with E-state index in [0.29, 0.717) is 18.0 Å². The maximum atomic E-state index is 11.4. The molecule has 2 bridgehead atoms. The summed E-state index contributed by atoms with van der Waals surface area (Å²) in [5.41, 5.74) is 2.60. The molecule has 0 radical (unpaired) electrons. The van der Waals surface area contributed by atoms with Gasteiger partial charge in [-0.05, 0) is 43.7 Å². The molecule has 2 fully saturated rings. The second kappa shape index (κ2) is 6.43. The lowest BCUT2D eigenvalue weighted by atomic mass is 9.79. The van der Waals surface area contributed by atoms with Crippen molar-refractivity contribution < 1.29 is 9.84 Å². The Kier molecular flexibility index (Phi) is 4.26. The molecule has 25 heavy (non-hydrogen) atoms. The molecule has 0 amide bonds. The largest absolute Gasteiger partial charge is 0.481 e. The van der Waals surface area contributed by atoms with E-state index in [-0.39, 0.29) is 0 Å². The van der Waals surface area contributed by atoms with Crippen molar-refractivity contribution in [2.45, 2.75) is 56.8 Å². The van der Waals surface area contributed by atoms with Crippen molar-refractivity contribution in [2.75, 3.05) is 7.11 Å². The van der Waals surface area contributed by atoms with Crippen LogP contribution in [0.4, 0.5) is 0 Å². The van der Waals surface area contributed by atoms with Crippen LogP contribution in [0.5, 0.6) is 5.88 Å². The maximum Gasteiger partial charge on any atom is 0.213 e. The second-order valence-corrected chi connectivity index (χ2v) is 7.52. The number of hydrogen-bond donors (Lipinski definition) is 1. The van der Waals surface area contributed by atoms with Crippen LogP contribution in [0, 0.1) is 6.92 Å². The summed E-state index contributed by atoms with van der Waals surface area (Å²) in [7, 11) is 1.62. The van der Waals surface area contributed by atoms with Gasteiger partial charge in [0.2, 0.25) is 5.88 Å². The van der Waals surface area contributed by atoms with Gasteiger partial charge in [0, 0.05) is 36.5 Å². The van der Waals surface area contributed by atoms with Gasteiger partial charge < -0.3 is 9.84 Å². The van der Waals surface area contributed by atoms with Crippen LogP contribution in [0.3, 0.4) is 0 Å². The maximum absolute atomic E-state index is 11.4. The zero-order valence-electron chi connectivity index (χ0n) is 15.0. The highest BCUT2D eigenvalue weighted by Crippen LogP contribution is 2.47. The van der Waals surface area contributed by atoms with Gasteiger partial charge in [-0.2, -0.15) is 0 Å². The monoisotopic (exact) mass is 338 g/mol. The third-order valence-electron chi connectivity index (χ3n) is 5.92. The number of benzene rings is 1. The summed E-state index contributed by atoms with van der Waals surface area (Å²) in [6.45, 7) is 3.02. The summed E-state index contributed by atoms with van der Waals surface area (Å²) in [5, 5.41) is 11.4. The van der Waals surface area contributed by atoms with Gasteiger partial charge in [-0.15, -0.1) is 0 Å². The first-order valence-electron chi connectivity index (χ1n) is 9.12. The van der Waals surface area contributed by atoms with E-state index in [1.807, 2.05) is 13.0 Å². The molecule has 0 aliphatic carbocycles. The van der Waals surface area contributed by atoms with Crippen LogP contribution in [-0.2, 0) is 12.1 Å². The molecule has 2 aliphatic heterocycles. The highest BCUT2D eigenvalue weighted by molar-refractivity contribution is 5.34. The summed E-state index contributed by atoms with van der Waals surface area (Å²) in [6, 6.07) is 13.4. The number of aliphatic hydroxyl groups is 1. The Balaban J connectivity index is 1.56. The molecule has 4 rings (SSSR count). The molecule has 2 atom stereocenters. The van der Waals surface area contributed by atoms with E-state index < -0.39 is 5.60 Å². The van der Waals surface area contributed by atoms with E-state index in [4.69, 9.17) is 4.74 Å². The Hall–Kier alpha value is -1.91. The van der Waals surface area contributed by atoms with Crippen LogP contribution >= 0.6 is 0 Å². The number of nitrogens with zero attached hydrogens (tertiary/aromatic N) is 2. The van der Waals surface area contributed by atoms with Gasteiger partial charge in [-0.1, -0.05) is 30.3 Å². The van der Waals surface area contributed by atoms with Gasteiger partial charge in [0.15, 0.2) is 0 Å². The predicted octanol–water partition coefficient (Wildman–Crippen LogP) is 3.41. The van der Waals surface area contributed by atoms with E-state index in [1.54, 1.807) is 13.3 Å². The topological polar surface area (TPSA) is 45.6 Å². The molecule has 1 N–H and O–H groups in total. The average Bonchev–Trinajstić information content (AvgIpc) is 2.86. The molecule has 2 aromatic rings. The van der Waals surface area contributed by atoms with E-state index >= 15 is 0 Å². The second-order valence-electron chi connectivity index (χ2n) is 7.52. The molecule has 0 saturated carbocycles. The Morgan fingerprint density at radius 3 is 2.48 bits per heavy atom. The van der Waals surface area contributed by atoms with Crippen molar-refractivity contribution in [3.63, 3.8) is 0 Å². The van der Waals surface area contributed by atoms with Crippen LogP contribution in [0.1, 0.15) is 42.4 Å². The third-order valence-corrected chi connectivity index (χ3v) is 5.92. The fraction of sp³-hybridized carbons (Fsp3) is 0.476. The number of aromatic nitrogens is 1. The first-order valence-corrected chi connectivity index (χ1v) is 9.12. The lowest BCUT2D eigenvalue weighted by Gasteiger charge is -2.44. The molecule has 0 spiro atoms. The summed E-state index contributed by atoms with van der Waals surface area (Å²) < 4.78 is 5.21. The third kappa shape index (κ3) is 3.05. The Morgan fingerprint density at radius 2 is 1.88 bits per heavy atom. The summed E-state index contributed by atoms with van der Waals surface area (Å²) in [5.74, 6) is 0.606. The average molecular weight is 338 g/mol. The van der Waals surface area contributed by atoms with E-state index in [9.17, 15) is 5.11 Å². The van der Waals surface area contributed by atoms with Crippen molar-refractivity contribution in [3.8, 4) is 5.88 Å². The Labute approximate surface area is 149 Å². The highest BCUT2D eigenvalue weighted by Gasteiger charge is 2.48. The van der Waals surface area contributed by atoms with Crippen molar-refractivity contribution >= 4 is 0 Å². The number of pyridine rings is 1.